The van der Waals surface area contributed by atoms with Crippen LogP contribution in [0.5, 0.6) is 0 Å². The van der Waals surface area contributed by atoms with Crippen LogP contribution in [0.3, 0.4) is 0 Å². The van der Waals surface area contributed by atoms with Crippen molar-refractivity contribution in [2.45, 2.75) is 6.42 Å². The van der Waals surface area contributed by atoms with Gasteiger partial charge in [-0.3, -0.25) is 10.2 Å². The molecule has 2 heterocycles. The number of carbonyl (C=O) groups is 1. The number of hydrazine groups is 1. The van der Waals surface area contributed by atoms with Crippen LogP contribution in [0.4, 0.5) is 10.4 Å². The van der Waals surface area contributed by atoms with E-state index >= 15 is 0 Å². The van der Waals surface area contributed by atoms with E-state index in [0.29, 0.717) is 27.1 Å². The summed E-state index contributed by atoms with van der Waals surface area (Å²) in [4.78, 5) is 20.6. The second-order valence-electron chi connectivity index (χ2n) is 5.93. The van der Waals surface area contributed by atoms with Crippen molar-refractivity contribution in [3.8, 4) is 22.0 Å². The highest BCUT2D eigenvalue weighted by molar-refractivity contribution is 7.13. The number of hydrogen-bond donors (Lipinski definition) is 2. The lowest BCUT2D eigenvalue weighted by molar-refractivity contribution is -0.120. The van der Waals surface area contributed by atoms with E-state index in [2.05, 4.69) is 26.0 Å². The number of benzene rings is 2. The minimum atomic E-state index is -0.340. The molecule has 0 saturated carbocycles. The Morgan fingerprint density at radius 3 is 2.76 bits per heavy atom. The number of rotatable bonds is 6. The maximum absolute atomic E-state index is 13.3. The van der Waals surface area contributed by atoms with Gasteiger partial charge in [0.25, 0.3) is 0 Å². The van der Waals surface area contributed by atoms with Crippen molar-refractivity contribution in [1.82, 2.24) is 20.6 Å². The average Bonchev–Trinajstić information content (AvgIpc) is 3.37. The highest BCUT2D eigenvalue weighted by atomic mass is 35.5. The first-order valence-electron chi connectivity index (χ1n) is 8.42. The normalized spacial score (nSPS) is 10.7. The van der Waals surface area contributed by atoms with Gasteiger partial charge in [0.2, 0.25) is 11.7 Å². The molecular weight excluding hydrogens is 417 g/mol. The number of thiazole rings is 1. The molecule has 0 saturated heterocycles. The summed E-state index contributed by atoms with van der Waals surface area (Å²) in [5, 5.41) is 6.84. The molecular formula is C19H13ClFN5O2S. The van der Waals surface area contributed by atoms with Crippen LogP contribution < -0.4 is 10.9 Å². The van der Waals surface area contributed by atoms with Crippen LogP contribution in [0, 0.1) is 5.82 Å². The van der Waals surface area contributed by atoms with Crippen LogP contribution in [0.15, 0.2) is 58.4 Å². The maximum Gasteiger partial charge on any atom is 0.340 e. The molecule has 0 spiro atoms. The molecule has 29 heavy (non-hydrogen) atoms. The molecule has 0 fully saturated rings. The van der Waals surface area contributed by atoms with Crippen LogP contribution >= 0.6 is 22.9 Å². The summed E-state index contributed by atoms with van der Waals surface area (Å²) in [6, 6.07) is 13.1. The van der Waals surface area contributed by atoms with Gasteiger partial charge in [-0.15, -0.1) is 11.3 Å². The Balaban J connectivity index is 1.33. The van der Waals surface area contributed by atoms with E-state index in [1.165, 1.54) is 23.5 Å². The third-order valence-electron chi connectivity index (χ3n) is 3.80. The SMILES string of the molecule is O=C(Cc1csc(-c2cccc(F)c2)n1)NNc1nc(-c2ccc(Cl)cc2)no1. The van der Waals surface area contributed by atoms with Crippen molar-refractivity contribution in [2.24, 2.45) is 0 Å². The van der Waals surface area contributed by atoms with E-state index in [4.69, 9.17) is 16.1 Å². The molecule has 0 unspecified atom stereocenters. The fourth-order valence-electron chi connectivity index (χ4n) is 2.46. The Bertz CT molecular complexity index is 1150. The number of nitrogens with one attached hydrogen (secondary N) is 2. The first kappa shape index (κ1) is 19.0. The van der Waals surface area contributed by atoms with E-state index in [1.807, 2.05) is 0 Å². The molecule has 2 N–H and O–H groups in total. The third kappa shape index (κ3) is 4.76. The van der Waals surface area contributed by atoms with E-state index in [0.717, 1.165) is 5.56 Å². The van der Waals surface area contributed by atoms with Crippen molar-refractivity contribution in [3.63, 3.8) is 0 Å². The number of nitrogens with zero attached hydrogens (tertiary/aromatic N) is 3. The molecule has 10 heteroatoms. The highest BCUT2D eigenvalue weighted by Crippen LogP contribution is 2.24. The molecule has 2 aromatic carbocycles. The smallest absolute Gasteiger partial charge is 0.313 e. The van der Waals surface area contributed by atoms with Gasteiger partial charge in [-0.1, -0.05) is 28.9 Å². The van der Waals surface area contributed by atoms with Gasteiger partial charge in [0.05, 0.1) is 12.1 Å². The average molecular weight is 430 g/mol. The molecule has 0 atom stereocenters. The number of aromatic nitrogens is 3. The number of halogens is 2. The fraction of sp³-hybridized carbons (Fsp3) is 0.0526. The first-order valence-corrected chi connectivity index (χ1v) is 9.67. The Hall–Kier alpha value is -3.30. The second kappa shape index (κ2) is 8.38. The van der Waals surface area contributed by atoms with Crippen molar-refractivity contribution in [2.75, 3.05) is 5.43 Å². The lowest BCUT2D eigenvalue weighted by atomic mass is 10.2. The maximum atomic E-state index is 13.3. The Kier molecular flexibility index (Phi) is 5.50. The van der Waals surface area contributed by atoms with E-state index < -0.39 is 0 Å². The number of hydrogen-bond acceptors (Lipinski definition) is 7. The Morgan fingerprint density at radius 1 is 1.14 bits per heavy atom. The van der Waals surface area contributed by atoms with Crippen molar-refractivity contribution < 1.29 is 13.7 Å². The van der Waals surface area contributed by atoms with Crippen molar-refractivity contribution >= 4 is 34.9 Å². The van der Waals surface area contributed by atoms with Gasteiger partial charge in [0, 0.05) is 21.5 Å². The predicted octanol–water partition coefficient (Wildman–Crippen LogP) is 4.34. The molecule has 0 aliphatic carbocycles. The molecule has 2 aromatic heterocycles. The Labute approximate surface area is 173 Å². The van der Waals surface area contributed by atoms with Gasteiger partial charge in [0.1, 0.15) is 10.8 Å². The molecule has 4 aromatic rings. The minimum absolute atomic E-state index is 0.0387. The zero-order valence-electron chi connectivity index (χ0n) is 14.7. The van der Waals surface area contributed by atoms with Gasteiger partial charge in [-0.05, 0) is 36.4 Å². The van der Waals surface area contributed by atoms with Gasteiger partial charge >= 0.3 is 6.01 Å². The molecule has 0 radical (unpaired) electrons. The zero-order valence-corrected chi connectivity index (χ0v) is 16.3. The van der Waals surface area contributed by atoms with Crippen LogP contribution in [0.25, 0.3) is 22.0 Å². The summed E-state index contributed by atoms with van der Waals surface area (Å²) >= 11 is 7.19. The van der Waals surface area contributed by atoms with Crippen molar-refractivity contribution in [1.29, 1.82) is 0 Å². The first-order chi connectivity index (χ1) is 14.1. The molecule has 0 aliphatic heterocycles. The van der Waals surface area contributed by atoms with Crippen LogP contribution in [-0.4, -0.2) is 21.0 Å². The van der Waals surface area contributed by atoms with Gasteiger partial charge in [-0.2, -0.15) is 4.98 Å². The van der Waals surface area contributed by atoms with Crippen molar-refractivity contribution in [3.05, 3.63) is 70.4 Å². The topological polar surface area (TPSA) is 92.9 Å². The third-order valence-corrected chi connectivity index (χ3v) is 4.99. The summed E-state index contributed by atoms with van der Waals surface area (Å²) in [7, 11) is 0. The van der Waals surface area contributed by atoms with Crippen LogP contribution in [0.1, 0.15) is 5.69 Å². The molecule has 1 amide bonds. The fourth-order valence-corrected chi connectivity index (χ4v) is 3.41. The molecule has 7 nitrogen and oxygen atoms in total. The molecule has 0 bridgehead atoms. The van der Waals surface area contributed by atoms with Gasteiger partial charge < -0.3 is 4.52 Å². The van der Waals surface area contributed by atoms with Crippen LogP contribution in [-0.2, 0) is 11.2 Å². The monoisotopic (exact) mass is 429 g/mol. The molecule has 0 aliphatic rings. The lowest BCUT2D eigenvalue weighted by Crippen LogP contribution is -2.30. The van der Waals surface area contributed by atoms with Gasteiger partial charge in [0.15, 0.2) is 0 Å². The van der Waals surface area contributed by atoms with E-state index in [-0.39, 0.29) is 24.2 Å². The quantitative estimate of drug-likeness (QED) is 0.443. The lowest BCUT2D eigenvalue weighted by Gasteiger charge is -2.02. The Morgan fingerprint density at radius 2 is 1.97 bits per heavy atom. The largest absolute Gasteiger partial charge is 0.340 e. The summed E-state index contributed by atoms with van der Waals surface area (Å²) < 4.78 is 18.4. The van der Waals surface area contributed by atoms with Gasteiger partial charge in [-0.25, -0.2) is 14.8 Å². The highest BCUT2D eigenvalue weighted by Gasteiger charge is 2.12. The standard InChI is InChI=1S/C19H13ClFN5O2S/c20-13-6-4-11(5-7-13)17-23-19(28-26-17)25-24-16(27)9-15-10-29-18(22-15)12-2-1-3-14(21)8-12/h1-8,10H,9H2,(H,24,27)(H,23,25,26). The summed E-state index contributed by atoms with van der Waals surface area (Å²) in [5.41, 5.74) is 7.01. The minimum Gasteiger partial charge on any atom is -0.313 e. The number of carbonyl (C=O) groups excluding carboxylic acids is 1. The zero-order chi connectivity index (χ0) is 20.2. The predicted molar refractivity (Wildman–Crippen MR) is 108 cm³/mol. The molecule has 146 valence electrons. The number of amides is 1. The summed E-state index contributed by atoms with van der Waals surface area (Å²) in [6.45, 7) is 0. The molecule has 4 rings (SSSR count). The number of anilines is 1. The van der Waals surface area contributed by atoms with Crippen LogP contribution in [0.2, 0.25) is 5.02 Å². The van der Waals surface area contributed by atoms with E-state index in [1.54, 1.807) is 41.8 Å². The second-order valence-corrected chi connectivity index (χ2v) is 7.23. The summed E-state index contributed by atoms with van der Waals surface area (Å²) in [6.07, 6.45) is 0.0387. The summed E-state index contributed by atoms with van der Waals surface area (Å²) in [5.74, 6) is -0.316. The van der Waals surface area contributed by atoms with E-state index in [9.17, 15) is 9.18 Å².